The second kappa shape index (κ2) is 8.87. The minimum Gasteiger partial charge on any atom is -0.439 e. The molecule has 0 aromatic heterocycles. The summed E-state index contributed by atoms with van der Waals surface area (Å²) in [6.07, 6.45) is 0.135. The molecule has 0 aliphatic heterocycles. The number of ether oxygens (including phenoxy) is 2. The Morgan fingerprint density at radius 2 is 1.50 bits per heavy atom. The molecule has 7 nitrogen and oxygen atoms in total. The van der Waals surface area contributed by atoms with E-state index in [0.29, 0.717) is 0 Å². The molecule has 0 heterocycles. The molecule has 2 unspecified atom stereocenters. The molecule has 2 N–H and O–H groups in total. The molecule has 0 radical (unpaired) electrons. The van der Waals surface area contributed by atoms with Gasteiger partial charge in [-0.3, -0.25) is 9.69 Å². The highest BCUT2D eigenvalue weighted by Crippen LogP contribution is 2.11. The van der Waals surface area contributed by atoms with E-state index in [1.807, 2.05) is 0 Å². The van der Waals surface area contributed by atoms with Gasteiger partial charge in [0, 0.05) is 25.1 Å². The molecule has 0 aliphatic rings. The first kappa shape index (κ1) is 17.8. The maximum atomic E-state index is 12.0. The van der Waals surface area contributed by atoms with Crippen molar-refractivity contribution in [3.05, 3.63) is 25.3 Å². The van der Waals surface area contributed by atoms with Crippen molar-refractivity contribution in [3.8, 4) is 0 Å². The van der Waals surface area contributed by atoms with E-state index in [1.165, 1.54) is 13.8 Å². The zero-order valence-electron chi connectivity index (χ0n) is 11.7. The van der Waals surface area contributed by atoms with E-state index >= 15 is 0 Å². The first-order valence-corrected chi connectivity index (χ1v) is 6.04. The molecule has 0 aromatic carbocycles. The number of rotatable bonds is 8. The predicted molar refractivity (Wildman–Crippen MR) is 72.0 cm³/mol. The fraction of sp³-hybridized carbons (Fsp3) is 0.462. The predicted octanol–water partition coefficient (Wildman–Crippen LogP) is 0.314. The maximum absolute atomic E-state index is 12.0. The lowest BCUT2D eigenvalue weighted by molar-refractivity contribution is -0.181. The number of nitrogens with two attached hydrogens (primary N) is 1. The Morgan fingerprint density at radius 1 is 1.10 bits per heavy atom. The van der Waals surface area contributed by atoms with E-state index in [2.05, 4.69) is 13.2 Å². The molecular weight excluding hydrogens is 264 g/mol. The number of carbonyl (C=O) groups is 3. The molecule has 112 valence electrons. The molecule has 20 heavy (non-hydrogen) atoms. The summed E-state index contributed by atoms with van der Waals surface area (Å²) in [6, 6.07) is 0. The Balaban J connectivity index is 5.00. The van der Waals surface area contributed by atoms with Gasteiger partial charge in [0.05, 0.1) is 0 Å². The van der Waals surface area contributed by atoms with Crippen molar-refractivity contribution in [3.63, 3.8) is 0 Å². The van der Waals surface area contributed by atoms with Crippen molar-refractivity contribution >= 4 is 17.8 Å². The summed E-state index contributed by atoms with van der Waals surface area (Å²) in [6.45, 7) is 9.61. The van der Waals surface area contributed by atoms with E-state index in [9.17, 15) is 14.4 Å². The lowest BCUT2D eigenvalue weighted by Crippen LogP contribution is -2.48. The molecule has 1 amide bonds. The average Bonchev–Trinajstić information content (AvgIpc) is 2.38. The Hall–Kier alpha value is -2.15. The second-order valence-electron chi connectivity index (χ2n) is 3.82. The van der Waals surface area contributed by atoms with Gasteiger partial charge in [0.2, 0.25) is 5.91 Å². The van der Waals surface area contributed by atoms with Gasteiger partial charge in [0.1, 0.15) is 0 Å². The third-order valence-electron chi connectivity index (χ3n) is 2.34. The molecular formula is C13H20N2O5. The summed E-state index contributed by atoms with van der Waals surface area (Å²) in [5, 5.41) is 0. The molecule has 0 spiro atoms. The van der Waals surface area contributed by atoms with Gasteiger partial charge in [0.15, 0.2) is 12.5 Å². The van der Waals surface area contributed by atoms with E-state index in [0.717, 1.165) is 17.1 Å². The largest absolute Gasteiger partial charge is 0.439 e. The molecule has 0 aromatic rings. The third-order valence-corrected chi connectivity index (χ3v) is 2.34. The Morgan fingerprint density at radius 3 is 1.80 bits per heavy atom. The van der Waals surface area contributed by atoms with Gasteiger partial charge in [-0.05, 0) is 13.8 Å². The van der Waals surface area contributed by atoms with Crippen LogP contribution in [0.25, 0.3) is 0 Å². The molecule has 0 bridgehead atoms. The first-order valence-electron chi connectivity index (χ1n) is 6.04. The van der Waals surface area contributed by atoms with Crippen LogP contribution in [-0.4, -0.2) is 41.7 Å². The quantitative estimate of drug-likeness (QED) is 0.391. The van der Waals surface area contributed by atoms with E-state index in [4.69, 9.17) is 15.2 Å². The van der Waals surface area contributed by atoms with E-state index in [-0.39, 0.29) is 13.0 Å². The number of hydrogen-bond donors (Lipinski definition) is 1. The molecule has 0 aliphatic carbocycles. The van der Waals surface area contributed by atoms with Crippen molar-refractivity contribution in [2.45, 2.75) is 32.7 Å². The second-order valence-corrected chi connectivity index (χ2v) is 3.82. The van der Waals surface area contributed by atoms with Gasteiger partial charge in [-0.2, -0.15) is 0 Å². The highest BCUT2D eigenvalue weighted by molar-refractivity contribution is 5.83. The van der Waals surface area contributed by atoms with E-state index in [1.54, 1.807) is 0 Å². The molecule has 0 saturated carbocycles. The number of nitrogens with zero attached hydrogens (tertiary/aromatic N) is 1. The normalized spacial score (nSPS) is 12.8. The number of carbonyl (C=O) groups excluding carboxylic acids is 3. The van der Waals surface area contributed by atoms with Crippen molar-refractivity contribution in [2.75, 3.05) is 6.54 Å². The zero-order valence-corrected chi connectivity index (χ0v) is 11.7. The van der Waals surface area contributed by atoms with Gasteiger partial charge >= 0.3 is 11.9 Å². The topological polar surface area (TPSA) is 98.9 Å². The summed E-state index contributed by atoms with van der Waals surface area (Å²) < 4.78 is 9.91. The Bertz CT molecular complexity index is 366. The number of esters is 2. The summed E-state index contributed by atoms with van der Waals surface area (Å²) in [5.74, 6) is -1.78. The van der Waals surface area contributed by atoms with Crippen molar-refractivity contribution in [2.24, 2.45) is 5.73 Å². The summed E-state index contributed by atoms with van der Waals surface area (Å²) >= 11 is 0. The molecule has 0 rings (SSSR count). The SMILES string of the molecule is C=CC(=O)OC(C)N(C(=O)CCN)C(C)OC(=O)C=C. The van der Waals surface area contributed by atoms with Gasteiger partial charge in [-0.15, -0.1) is 0 Å². The highest BCUT2D eigenvalue weighted by Gasteiger charge is 2.29. The first-order chi connectivity index (χ1) is 9.37. The Kier molecular flexibility index (Phi) is 7.91. The van der Waals surface area contributed by atoms with Crippen LogP contribution < -0.4 is 5.73 Å². The standard InChI is InChI=1S/C13H20N2O5/c1-5-12(17)19-9(3)15(11(16)7-8-14)10(4)20-13(18)6-2/h5-6,9-10H,1-2,7-8,14H2,3-4H3. The summed E-state index contributed by atoms with van der Waals surface area (Å²) in [4.78, 5) is 35.5. The highest BCUT2D eigenvalue weighted by atomic mass is 16.6. The summed E-state index contributed by atoms with van der Waals surface area (Å²) in [7, 11) is 0. The molecule has 0 saturated heterocycles. The van der Waals surface area contributed by atoms with E-state index < -0.39 is 30.3 Å². The van der Waals surface area contributed by atoms with Crippen molar-refractivity contribution in [1.82, 2.24) is 4.90 Å². The van der Waals surface area contributed by atoms with Gasteiger partial charge in [-0.25, -0.2) is 9.59 Å². The van der Waals surface area contributed by atoms with Gasteiger partial charge in [-0.1, -0.05) is 13.2 Å². The smallest absolute Gasteiger partial charge is 0.332 e. The molecule has 2 atom stereocenters. The third kappa shape index (κ3) is 5.66. The van der Waals surface area contributed by atoms with Crippen LogP contribution in [0.2, 0.25) is 0 Å². The molecule has 7 heteroatoms. The lowest BCUT2D eigenvalue weighted by atomic mass is 10.3. The monoisotopic (exact) mass is 284 g/mol. The Labute approximate surface area is 118 Å². The van der Waals surface area contributed by atoms with Crippen LogP contribution in [0.15, 0.2) is 25.3 Å². The number of amides is 1. The fourth-order valence-corrected chi connectivity index (χ4v) is 1.50. The van der Waals surface area contributed by atoms with Gasteiger partial charge < -0.3 is 15.2 Å². The van der Waals surface area contributed by atoms with Crippen LogP contribution >= 0.6 is 0 Å². The van der Waals surface area contributed by atoms with Crippen LogP contribution in [-0.2, 0) is 23.9 Å². The minimum absolute atomic E-state index is 0.0337. The van der Waals surface area contributed by atoms with Crippen LogP contribution in [0.4, 0.5) is 0 Å². The van der Waals surface area contributed by atoms with Gasteiger partial charge in [0.25, 0.3) is 0 Å². The summed E-state index contributed by atoms with van der Waals surface area (Å²) in [5.41, 5.74) is 5.33. The maximum Gasteiger partial charge on any atom is 0.332 e. The van der Waals surface area contributed by atoms with Crippen molar-refractivity contribution < 1.29 is 23.9 Å². The average molecular weight is 284 g/mol. The fourth-order valence-electron chi connectivity index (χ4n) is 1.50. The van der Waals surface area contributed by atoms with Crippen LogP contribution in [0.5, 0.6) is 0 Å². The van der Waals surface area contributed by atoms with Crippen LogP contribution in [0, 0.1) is 0 Å². The zero-order chi connectivity index (χ0) is 15.7. The minimum atomic E-state index is -0.924. The molecule has 0 fully saturated rings. The van der Waals surface area contributed by atoms with Crippen molar-refractivity contribution in [1.29, 1.82) is 0 Å². The lowest BCUT2D eigenvalue weighted by Gasteiger charge is -2.32. The van der Waals surface area contributed by atoms with Crippen LogP contribution in [0.3, 0.4) is 0 Å². The van der Waals surface area contributed by atoms with Crippen LogP contribution in [0.1, 0.15) is 20.3 Å². The number of hydrogen-bond acceptors (Lipinski definition) is 6.